The molecule has 0 saturated heterocycles. The number of carbonyl (C=O) groups excluding carboxylic acids is 1. The second-order valence-electron chi connectivity index (χ2n) is 9.44. The molecular formula is C30H24N4O2. The molecule has 7 rings (SSSR count). The highest BCUT2D eigenvalue weighted by Gasteiger charge is 2.53. The van der Waals surface area contributed by atoms with Crippen LogP contribution in [0.15, 0.2) is 91.3 Å². The van der Waals surface area contributed by atoms with Crippen molar-refractivity contribution in [1.82, 2.24) is 14.4 Å². The summed E-state index contributed by atoms with van der Waals surface area (Å²) in [7, 11) is 2.13. The van der Waals surface area contributed by atoms with Crippen molar-refractivity contribution in [2.45, 2.75) is 18.4 Å². The van der Waals surface area contributed by atoms with Gasteiger partial charge in [-0.3, -0.25) is 4.40 Å². The minimum Gasteiger partial charge on any atom is -0.438 e. The molecule has 5 aromatic rings. The SMILES string of the molecule is CN1CCCc2cc(C3(c4c(-c5ccccc5)nc5ccccn45)OC(=O)c4ncccc43)ccc21. The van der Waals surface area contributed by atoms with Gasteiger partial charge in [0.2, 0.25) is 5.60 Å². The van der Waals surface area contributed by atoms with Crippen LogP contribution < -0.4 is 4.90 Å². The van der Waals surface area contributed by atoms with Crippen LogP contribution in [0.4, 0.5) is 5.69 Å². The average Bonchev–Trinajstić information content (AvgIpc) is 3.46. The fourth-order valence-corrected chi connectivity index (χ4v) is 5.76. The van der Waals surface area contributed by atoms with E-state index in [2.05, 4.69) is 35.1 Å². The van der Waals surface area contributed by atoms with Gasteiger partial charge in [0.15, 0.2) is 5.69 Å². The lowest BCUT2D eigenvalue weighted by Crippen LogP contribution is -2.33. The number of benzene rings is 2. The van der Waals surface area contributed by atoms with Crippen LogP contribution in [0, 0.1) is 0 Å². The number of aryl methyl sites for hydroxylation is 1. The van der Waals surface area contributed by atoms with Crippen LogP contribution in [0.25, 0.3) is 16.9 Å². The maximum Gasteiger partial charge on any atom is 0.359 e. The smallest absolute Gasteiger partial charge is 0.359 e. The maximum absolute atomic E-state index is 13.4. The van der Waals surface area contributed by atoms with Gasteiger partial charge in [-0.15, -0.1) is 0 Å². The highest BCUT2D eigenvalue weighted by molar-refractivity contribution is 5.95. The Labute approximate surface area is 208 Å². The number of ether oxygens (including phenoxy) is 1. The van der Waals surface area contributed by atoms with E-state index in [1.54, 1.807) is 6.20 Å². The summed E-state index contributed by atoms with van der Waals surface area (Å²) in [6.07, 6.45) is 5.70. The Bertz CT molecular complexity index is 1640. The Kier molecular flexibility index (Phi) is 4.51. The Balaban J connectivity index is 1.60. The zero-order valence-corrected chi connectivity index (χ0v) is 19.9. The van der Waals surface area contributed by atoms with E-state index < -0.39 is 11.6 Å². The van der Waals surface area contributed by atoms with Gasteiger partial charge < -0.3 is 9.64 Å². The largest absolute Gasteiger partial charge is 0.438 e. The van der Waals surface area contributed by atoms with Crippen LogP contribution in [0.2, 0.25) is 0 Å². The van der Waals surface area contributed by atoms with Gasteiger partial charge in [-0.05, 0) is 48.7 Å². The van der Waals surface area contributed by atoms with E-state index in [9.17, 15) is 4.79 Å². The first kappa shape index (κ1) is 20.9. The molecule has 176 valence electrons. The number of aromatic nitrogens is 3. The number of hydrogen-bond donors (Lipinski definition) is 0. The molecule has 2 aliphatic rings. The monoisotopic (exact) mass is 472 g/mol. The number of cyclic esters (lactones) is 1. The summed E-state index contributed by atoms with van der Waals surface area (Å²) in [6.45, 7) is 1.03. The van der Waals surface area contributed by atoms with E-state index in [0.717, 1.165) is 53.1 Å². The predicted molar refractivity (Wildman–Crippen MR) is 138 cm³/mol. The molecule has 6 nitrogen and oxygen atoms in total. The van der Waals surface area contributed by atoms with Crippen molar-refractivity contribution in [3.8, 4) is 11.3 Å². The van der Waals surface area contributed by atoms with Gasteiger partial charge in [0.25, 0.3) is 0 Å². The molecule has 36 heavy (non-hydrogen) atoms. The first-order valence-electron chi connectivity index (χ1n) is 12.2. The zero-order chi connectivity index (χ0) is 24.3. The van der Waals surface area contributed by atoms with E-state index in [1.807, 2.05) is 71.3 Å². The Morgan fingerprint density at radius 1 is 0.944 bits per heavy atom. The van der Waals surface area contributed by atoms with Gasteiger partial charge in [0.1, 0.15) is 11.3 Å². The van der Waals surface area contributed by atoms with E-state index in [1.165, 1.54) is 11.3 Å². The van der Waals surface area contributed by atoms with Crippen molar-refractivity contribution >= 4 is 17.3 Å². The van der Waals surface area contributed by atoms with Crippen molar-refractivity contribution in [3.63, 3.8) is 0 Å². The third-order valence-electron chi connectivity index (χ3n) is 7.37. The normalized spacial score (nSPS) is 18.7. The van der Waals surface area contributed by atoms with Crippen LogP contribution in [0.1, 0.15) is 39.3 Å². The summed E-state index contributed by atoms with van der Waals surface area (Å²) < 4.78 is 8.51. The van der Waals surface area contributed by atoms with Crippen molar-refractivity contribution in [2.24, 2.45) is 0 Å². The average molecular weight is 473 g/mol. The first-order valence-corrected chi connectivity index (χ1v) is 12.2. The van der Waals surface area contributed by atoms with Gasteiger partial charge in [-0.2, -0.15) is 0 Å². The molecule has 0 radical (unpaired) electrons. The molecule has 0 bridgehead atoms. The van der Waals surface area contributed by atoms with Crippen LogP contribution in [0.3, 0.4) is 0 Å². The van der Waals surface area contributed by atoms with Gasteiger partial charge in [-0.25, -0.2) is 14.8 Å². The summed E-state index contributed by atoms with van der Waals surface area (Å²) in [6, 6.07) is 26.3. The van der Waals surface area contributed by atoms with E-state index in [-0.39, 0.29) is 0 Å². The van der Waals surface area contributed by atoms with Crippen LogP contribution in [0.5, 0.6) is 0 Å². The van der Waals surface area contributed by atoms with Crippen LogP contribution in [-0.2, 0) is 16.8 Å². The Hall–Kier alpha value is -4.45. The maximum atomic E-state index is 13.4. The summed E-state index contributed by atoms with van der Waals surface area (Å²) in [5.74, 6) is -0.426. The second kappa shape index (κ2) is 7.78. The number of carbonyl (C=O) groups is 1. The van der Waals surface area contributed by atoms with Crippen molar-refractivity contribution < 1.29 is 9.53 Å². The van der Waals surface area contributed by atoms with E-state index >= 15 is 0 Å². The molecule has 0 aliphatic carbocycles. The molecule has 3 aromatic heterocycles. The molecular weight excluding hydrogens is 448 g/mol. The standard InChI is InChI=1S/C30H24N4O2/c1-33-17-8-11-21-19-22(14-15-24(21)33)30(23-12-7-16-31-27(23)29(35)36-30)28-26(20-9-3-2-4-10-20)32-25-13-5-6-18-34(25)28/h2-7,9-10,12-16,18-19H,8,11,17H2,1H3. The molecule has 1 unspecified atom stereocenters. The zero-order valence-electron chi connectivity index (χ0n) is 19.9. The molecule has 0 spiro atoms. The number of anilines is 1. The molecule has 0 amide bonds. The fraction of sp³-hybridized carbons (Fsp3) is 0.167. The van der Waals surface area contributed by atoms with Crippen LogP contribution in [-0.4, -0.2) is 33.9 Å². The van der Waals surface area contributed by atoms with Crippen LogP contribution >= 0.6 is 0 Å². The van der Waals surface area contributed by atoms with Gasteiger partial charge in [0, 0.05) is 48.4 Å². The number of nitrogens with zero attached hydrogens (tertiary/aromatic N) is 4. The molecule has 5 heterocycles. The van der Waals surface area contributed by atoms with Gasteiger partial charge in [0.05, 0.1) is 5.69 Å². The minimum absolute atomic E-state index is 0.345. The number of hydrogen-bond acceptors (Lipinski definition) is 5. The lowest BCUT2D eigenvalue weighted by atomic mass is 9.80. The Morgan fingerprint density at radius 2 is 1.81 bits per heavy atom. The highest BCUT2D eigenvalue weighted by Crippen LogP contribution is 2.50. The van der Waals surface area contributed by atoms with Crippen molar-refractivity contribution in [3.05, 3.63) is 119 Å². The number of fused-ring (bicyclic) bond motifs is 3. The minimum atomic E-state index is -1.20. The molecule has 0 fully saturated rings. The molecule has 6 heteroatoms. The third-order valence-corrected chi connectivity index (χ3v) is 7.37. The first-order chi connectivity index (χ1) is 17.7. The topological polar surface area (TPSA) is 59.7 Å². The van der Waals surface area contributed by atoms with Gasteiger partial charge in [-0.1, -0.05) is 48.5 Å². The van der Waals surface area contributed by atoms with E-state index in [0.29, 0.717) is 5.69 Å². The van der Waals surface area contributed by atoms with Crippen molar-refractivity contribution in [1.29, 1.82) is 0 Å². The summed E-state index contributed by atoms with van der Waals surface area (Å²) in [5, 5.41) is 0. The van der Waals surface area contributed by atoms with E-state index in [4.69, 9.17) is 9.72 Å². The molecule has 2 aromatic carbocycles. The number of imidazole rings is 1. The lowest BCUT2D eigenvalue weighted by molar-refractivity contribution is 0.0235. The quantitative estimate of drug-likeness (QED) is 0.336. The number of rotatable bonds is 3. The summed E-state index contributed by atoms with van der Waals surface area (Å²) in [5.41, 5.74) is 6.59. The van der Waals surface area contributed by atoms with Gasteiger partial charge >= 0.3 is 5.97 Å². The second-order valence-corrected chi connectivity index (χ2v) is 9.44. The third kappa shape index (κ3) is 2.87. The molecule has 2 aliphatic heterocycles. The molecule has 1 atom stereocenters. The lowest BCUT2D eigenvalue weighted by Gasteiger charge is -2.33. The summed E-state index contributed by atoms with van der Waals surface area (Å²) >= 11 is 0. The highest BCUT2D eigenvalue weighted by atomic mass is 16.6. The predicted octanol–water partition coefficient (Wildman–Crippen LogP) is 5.24. The van der Waals surface area contributed by atoms with Crippen molar-refractivity contribution in [2.75, 3.05) is 18.5 Å². The number of pyridine rings is 2. The fourth-order valence-electron chi connectivity index (χ4n) is 5.76. The molecule has 0 N–H and O–H groups in total. The molecule has 0 saturated carbocycles. The summed E-state index contributed by atoms with van der Waals surface area (Å²) in [4.78, 5) is 25.1. The number of esters is 1. The Morgan fingerprint density at radius 3 is 2.69 bits per heavy atom.